The average Bonchev–Trinajstić information content (AvgIpc) is 3.34. The highest BCUT2D eigenvalue weighted by molar-refractivity contribution is 14.0. The van der Waals surface area contributed by atoms with Crippen LogP contribution in [0.25, 0.3) is 0 Å². The molecule has 0 bridgehead atoms. The van der Waals surface area contributed by atoms with Crippen LogP contribution >= 0.6 is 24.0 Å². The Hall–Kier alpha value is -3.01. The molecule has 2 aromatic carbocycles. The van der Waals surface area contributed by atoms with Gasteiger partial charge in [-0.3, -0.25) is 4.99 Å². The van der Waals surface area contributed by atoms with Gasteiger partial charge in [0.2, 0.25) is 5.88 Å². The van der Waals surface area contributed by atoms with Gasteiger partial charge in [-0.05, 0) is 30.2 Å². The molecule has 3 aromatic rings. The molecule has 0 amide bonds. The number of benzene rings is 2. The first-order chi connectivity index (χ1) is 16.3. The Morgan fingerprint density at radius 2 is 1.88 bits per heavy atom. The lowest BCUT2D eigenvalue weighted by Gasteiger charge is -2.22. The minimum absolute atomic E-state index is 0. The van der Waals surface area contributed by atoms with Crippen molar-refractivity contribution in [1.29, 1.82) is 0 Å². The summed E-state index contributed by atoms with van der Waals surface area (Å²) in [5.74, 6) is 2.30. The second kappa shape index (κ2) is 13.0. The Kier molecular flexibility index (Phi) is 9.81. The number of para-hydroxylation sites is 2. The maximum atomic E-state index is 5.98. The van der Waals surface area contributed by atoms with Gasteiger partial charge in [0, 0.05) is 44.5 Å². The molecule has 2 heterocycles. The quantitative estimate of drug-likeness (QED) is 0.239. The number of aromatic nitrogens is 1. The van der Waals surface area contributed by atoms with Crippen LogP contribution in [0.1, 0.15) is 17.5 Å². The van der Waals surface area contributed by atoms with Crippen LogP contribution in [0.15, 0.2) is 77.9 Å². The summed E-state index contributed by atoms with van der Waals surface area (Å²) in [5, 5.41) is 6.95. The van der Waals surface area contributed by atoms with Crippen molar-refractivity contribution in [3.63, 3.8) is 0 Å². The first-order valence-electron chi connectivity index (χ1n) is 11.2. The van der Waals surface area contributed by atoms with E-state index in [1.807, 2.05) is 60.7 Å². The summed E-state index contributed by atoms with van der Waals surface area (Å²) < 4.78 is 11.5. The molecule has 0 saturated carbocycles. The number of rotatable bonds is 8. The fraction of sp³-hybridized carbons (Fsp3) is 0.308. The molecular formula is C26H32IN5O2. The maximum Gasteiger partial charge on any atom is 0.218 e. The third-order valence-corrected chi connectivity index (χ3v) is 5.69. The Morgan fingerprint density at radius 3 is 2.68 bits per heavy atom. The molecule has 1 atom stereocenters. The molecular weight excluding hydrogens is 541 g/mol. The molecule has 1 aromatic heterocycles. The molecule has 1 aliphatic heterocycles. The van der Waals surface area contributed by atoms with Crippen molar-refractivity contribution in [2.75, 3.05) is 32.1 Å². The van der Waals surface area contributed by atoms with Crippen molar-refractivity contribution in [3.05, 3.63) is 84.1 Å². The highest BCUT2D eigenvalue weighted by Crippen LogP contribution is 2.30. The second-order valence-corrected chi connectivity index (χ2v) is 7.92. The first kappa shape index (κ1) is 25.6. The molecule has 1 unspecified atom stereocenters. The van der Waals surface area contributed by atoms with Crippen LogP contribution in [-0.4, -0.2) is 44.2 Å². The molecule has 1 aliphatic rings. The Morgan fingerprint density at radius 1 is 1.09 bits per heavy atom. The van der Waals surface area contributed by atoms with E-state index in [9.17, 15) is 0 Å². The summed E-state index contributed by atoms with van der Waals surface area (Å²) in [6.07, 6.45) is 2.78. The van der Waals surface area contributed by atoms with E-state index >= 15 is 0 Å². The number of guanidine groups is 1. The Labute approximate surface area is 218 Å². The Bertz CT molecular complexity index is 1060. The molecule has 1 fully saturated rings. The second-order valence-electron chi connectivity index (χ2n) is 7.92. The number of nitrogens with zero attached hydrogens (tertiary/aromatic N) is 3. The van der Waals surface area contributed by atoms with Crippen LogP contribution < -0.4 is 25.0 Å². The van der Waals surface area contributed by atoms with Gasteiger partial charge in [-0.25, -0.2) is 4.98 Å². The van der Waals surface area contributed by atoms with E-state index in [1.165, 1.54) is 0 Å². The van der Waals surface area contributed by atoms with Crippen molar-refractivity contribution in [1.82, 2.24) is 15.6 Å². The number of anilines is 1. The SMILES string of the molecule is CN=C(NCc1cccnc1OCc1ccccc1)NC1CCN(c2ccccc2OC)C1.I. The van der Waals surface area contributed by atoms with Gasteiger partial charge in [-0.2, -0.15) is 0 Å². The van der Waals surface area contributed by atoms with Crippen molar-refractivity contribution in [3.8, 4) is 11.6 Å². The lowest BCUT2D eigenvalue weighted by molar-refractivity contribution is 0.290. The summed E-state index contributed by atoms with van der Waals surface area (Å²) in [4.78, 5) is 11.2. The lowest BCUT2D eigenvalue weighted by atomic mass is 10.2. The fourth-order valence-electron chi connectivity index (χ4n) is 3.97. The zero-order valence-electron chi connectivity index (χ0n) is 19.6. The van der Waals surface area contributed by atoms with Crippen LogP contribution in [0.3, 0.4) is 0 Å². The van der Waals surface area contributed by atoms with Gasteiger partial charge in [0.25, 0.3) is 0 Å². The normalized spacial score (nSPS) is 15.4. The molecule has 0 spiro atoms. The zero-order valence-corrected chi connectivity index (χ0v) is 21.9. The number of hydrogen-bond donors (Lipinski definition) is 2. The van der Waals surface area contributed by atoms with E-state index < -0.39 is 0 Å². The van der Waals surface area contributed by atoms with Gasteiger partial charge in [0.05, 0.1) is 12.8 Å². The van der Waals surface area contributed by atoms with Gasteiger partial charge in [-0.15, -0.1) is 24.0 Å². The lowest BCUT2D eigenvalue weighted by Crippen LogP contribution is -2.44. The summed E-state index contributed by atoms with van der Waals surface area (Å²) in [5.41, 5.74) is 3.22. The van der Waals surface area contributed by atoms with E-state index in [4.69, 9.17) is 9.47 Å². The number of hydrogen-bond acceptors (Lipinski definition) is 5. The molecule has 1 saturated heterocycles. The van der Waals surface area contributed by atoms with Crippen molar-refractivity contribution < 1.29 is 9.47 Å². The predicted molar refractivity (Wildman–Crippen MR) is 147 cm³/mol. The molecule has 0 radical (unpaired) electrons. The van der Waals surface area contributed by atoms with Crippen LogP contribution in [0.4, 0.5) is 5.69 Å². The number of halogens is 1. The molecule has 2 N–H and O–H groups in total. The average molecular weight is 573 g/mol. The summed E-state index contributed by atoms with van der Waals surface area (Å²) in [6.45, 7) is 2.91. The summed E-state index contributed by atoms with van der Waals surface area (Å²) in [6, 6.07) is 22.5. The number of pyridine rings is 1. The van der Waals surface area contributed by atoms with Crippen LogP contribution in [0.2, 0.25) is 0 Å². The molecule has 34 heavy (non-hydrogen) atoms. The van der Waals surface area contributed by atoms with Crippen molar-refractivity contribution in [2.24, 2.45) is 4.99 Å². The minimum atomic E-state index is 0. The van der Waals surface area contributed by atoms with Crippen LogP contribution in [0.5, 0.6) is 11.6 Å². The van der Waals surface area contributed by atoms with E-state index in [1.54, 1.807) is 20.4 Å². The zero-order chi connectivity index (χ0) is 22.9. The maximum absolute atomic E-state index is 5.98. The van der Waals surface area contributed by atoms with Gasteiger partial charge >= 0.3 is 0 Å². The third-order valence-electron chi connectivity index (χ3n) is 5.69. The van der Waals surface area contributed by atoms with E-state index in [-0.39, 0.29) is 24.0 Å². The Balaban J connectivity index is 0.00000324. The number of nitrogens with one attached hydrogen (secondary N) is 2. The largest absolute Gasteiger partial charge is 0.495 e. The highest BCUT2D eigenvalue weighted by atomic mass is 127. The van der Waals surface area contributed by atoms with Crippen LogP contribution in [0, 0.1) is 0 Å². The van der Waals surface area contributed by atoms with Gasteiger partial charge < -0.3 is 25.0 Å². The number of methoxy groups -OCH3 is 1. The monoisotopic (exact) mass is 573 g/mol. The van der Waals surface area contributed by atoms with Gasteiger partial charge in [-0.1, -0.05) is 48.5 Å². The molecule has 0 aliphatic carbocycles. The van der Waals surface area contributed by atoms with Crippen molar-refractivity contribution >= 4 is 35.6 Å². The van der Waals surface area contributed by atoms with E-state index in [0.29, 0.717) is 25.1 Å². The molecule has 4 rings (SSSR count). The topological polar surface area (TPSA) is 71.0 Å². The first-order valence-corrected chi connectivity index (χ1v) is 11.2. The third kappa shape index (κ3) is 6.75. The van der Waals surface area contributed by atoms with E-state index in [0.717, 1.165) is 48.0 Å². The summed E-state index contributed by atoms with van der Waals surface area (Å²) >= 11 is 0. The van der Waals surface area contributed by atoms with Gasteiger partial charge in [0.15, 0.2) is 5.96 Å². The molecule has 180 valence electrons. The van der Waals surface area contributed by atoms with Crippen LogP contribution in [-0.2, 0) is 13.2 Å². The standard InChI is InChI=1S/C26H31N5O2.HI/c1-27-26(30-22-14-16-31(18-22)23-12-6-7-13-24(23)32-2)29-17-21-11-8-15-28-25(21)33-19-20-9-4-3-5-10-20;/h3-13,15,22H,14,16-19H2,1-2H3,(H2,27,29,30);1H. The molecule has 7 nitrogen and oxygen atoms in total. The van der Waals surface area contributed by atoms with Crippen molar-refractivity contribution in [2.45, 2.75) is 25.6 Å². The minimum Gasteiger partial charge on any atom is -0.495 e. The van der Waals surface area contributed by atoms with E-state index in [2.05, 4.69) is 31.6 Å². The fourth-order valence-corrected chi connectivity index (χ4v) is 3.97. The number of ether oxygens (including phenoxy) is 2. The highest BCUT2D eigenvalue weighted by Gasteiger charge is 2.25. The predicted octanol–water partition coefficient (Wildman–Crippen LogP) is 4.23. The smallest absolute Gasteiger partial charge is 0.218 e. The number of aliphatic imine (C=N–C) groups is 1. The summed E-state index contributed by atoms with van der Waals surface area (Å²) in [7, 11) is 3.50. The van der Waals surface area contributed by atoms with Gasteiger partial charge in [0.1, 0.15) is 12.4 Å². The molecule has 8 heteroatoms.